The maximum atomic E-state index is 13.0. The van der Waals surface area contributed by atoms with E-state index in [1.807, 2.05) is 12.2 Å². The van der Waals surface area contributed by atoms with Crippen molar-refractivity contribution >= 4 is 27.6 Å². The Morgan fingerprint density at radius 1 is 0.500 bits per heavy atom. The quantitative estimate of drug-likeness (QED) is 0.0119. The summed E-state index contributed by atoms with van der Waals surface area (Å²) >= 11 is 0. The van der Waals surface area contributed by atoms with Gasteiger partial charge in [0.25, 0.3) is 0 Å². The van der Waals surface area contributed by atoms with Gasteiger partial charge in [-0.25, -0.2) is 9.13 Å². The Labute approximate surface area is 428 Å². The molecule has 0 radical (unpaired) electrons. The summed E-state index contributed by atoms with van der Waals surface area (Å²) < 4.78 is 49.3. The Morgan fingerprint density at radius 3 is 1.49 bits per heavy atom. The molecule has 0 aromatic heterocycles. The monoisotopic (exact) mass is 1060 g/mol. The maximum Gasteiger partial charge on any atom is 0.472 e. The van der Waals surface area contributed by atoms with E-state index in [1.54, 1.807) is 6.08 Å². The minimum absolute atomic E-state index is 0.0344. The molecule has 0 aliphatic heterocycles. The van der Waals surface area contributed by atoms with E-state index in [9.17, 15) is 64.0 Å². The van der Waals surface area contributed by atoms with Crippen LogP contribution in [0.4, 0.5) is 0 Å². The van der Waals surface area contributed by atoms with Crippen molar-refractivity contribution in [3.8, 4) is 0 Å². The molecule has 0 aromatic carbocycles. The second-order valence-corrected chi connectivity index (χ2v) is 20.8. The first-order chi connectivity index (χ1) is 34.4. The van der Waals surface area contributed by atoms with Crippen LogP contribution in [0.25, 0.3) is 0 Å². The SMILES string of the molecule is CCCCC/C=C\C/C=C\C/C=C\CC(O)C(O)CCCC(=O)OC[C@H](COP(=O)(O)O[C@H]1C(O)C(O)C(O)[C@@H](OP(=O)(O)O)C1O)OC(=O)CCCCCCCC/C=C\C/C=C\C/C=C\CCCCCC. The predicted molar refractivity (Wildman–Crippen MR) is 276 cm³/mol. The molecule has 20 heteroatoms. The fourth-order valence-corrected chi connectivity index (χ4v) is 9.03. The lowest BCUT2D eigenvalue weighted by Gasteiger charge is -2.43. The van der Waals surface area contributed by atoms with Crippen molar-refractivity contribution in [1.29, 1.82) is 0 Å². The highest BCUT2D eigenvalue weighted by atomic mass is 31.2. The van der Waals surface area contributed by atoms with E-state index in [0.29, 0.717) is 12.8 Å². The molecule has 1 saturated carbocycles. The zero-order valence-electron chi connectivity index (χ0n) is 42.8. The summed E-state index contributed by atoms with van der Waals surface area (Å²) in [5.74, 6) is -1.51. The van der Waals surface area contributed by atoms with Crippen molar-refractivity contribution in [2.24, 2.45) is 0 Å². The first-order valence-corrected chi connectivity index (χ1v) is 29.2. The number of carbonyl (C=O) groups excluding carboxylic acids is 2. The van der Waals surface area contributed by atoms with Gasteiger partial charge in [-0.3, -0.25) is 23.2 Å². The molecule has 72 heavy (non-hydrogen) atoms. The Hall–Kier alpha value is -2.64. The lowest BCUT2D eigenvalue weighted by Crippen LogP contribution is -2.64. The topological polar surface area (TPSA) is 296 Å². The van der Waals surface area contributed by atoms with Crippen LogP contribution in [-0.4, -0.2) is 125 Å². The average Bonchev–Trinajstić information content (AvgIpc) is 3.33. The van der Waals surface area contributed by atoms with Gasteiger partial charge in [0.15, 0.2) is 6.10 Å². The van der Waals surface area contributed by atoms with Gasteiger partial charge >= 0.3 is 27.6 Å². The number of rotatable bonds is 43. The van der Waals surface area contributed by atoms with E-state index in [-0.39, 0.29) is 32.1 Å². The normalized spacial score (nSPS) is 22.2. The summed E-state index contributed by atoms with van der Waals surface area (Å²) in [7, 11) is -10.8. The molecule has 416 valence electrons. The number of unbranched alkanes of at least 4 members (excludes halogenated alkanes) is 13. The highest BCUT2D eigenvalue weighted by molar-refractivity contribution is 7.47. The van der Waals surface area contributed by atoms with Crippen molar-refractivity contribution in [3.63, 3.8) is 0 Å². The Morgan fingerprint density at radius 2 is 0.944 bits per heavy atom. The van der Waals surface area contributed by atoms with E-state index >= 15 is 0 Å². The molecule has 0 heterocycles. The third kappa shape index (κ3) is 34.8. The van der Waals surface area contributed by atoms with Gasteiger partial charge in [-0.1, -0.05) is 145 Å². The first kappa shape index (κ1) is 67.4. The first-order valence-electron chi connectivity index (χ1n) is 26.1. The fraction of sp³-hybridized carbons (Fsp3) is 0.731. The van der Waals surface area contributed by atoms with E-state index in [1.165, 1.54) is 44.9 Å². The van der Waals surface area contributed by atoms with Gasteiger partial charge in [0.2, 0.25) is 0 Å². The zero-order chi connectivity index (χ0) is 53.5. The minimum Gasteiger partial charge on any atom is -0.462 e. The number of aliphatic hydroxyl groups excluding tert-OH is 6. The zero-order valence-corrected chi connectivity index (χ0v) is 44.6. The fourth-order valence-electron chi connectivity index (χ4n) is 7.49. The molecule has 1 rings (SSSR count). The van der Waals surface area contributed by atoms with Crippen LogP contribution in [0.5, 0.6) is 0 Å². The summed E-state index contributed by atoms with van der Waals surface area (Å²) in [6.45, 7) is 2.81. The molecule has 0 bridgehead atoms. The molecule has 10 atom stereocenters. The molecule has 18 nitrogen and oxygen atoms in total. The van der Waals surface area contributed by atoms with Crippen LogP contribution in [0.1, 0.15) is 174 Å². The Bertz CT molecular complexity index is 1700. The standard InChI is InChI=1S/C52H90O18P2/c1-3-5-7-9-11-13-15-17-18-19-20-21-22-23-24-26-28-30-32-34-38-46(56)68-42(41-67-72(64,65)70-52-49(59)47(57)48(58)51(50(52)60)69-71(61,62)63)40-66-45(55)39-35-37-44(54)43(53)36-33-31-29-27-25-16-14-12-10-8-6-4-2/h12-15,18-19,21-22,25,27,31,33,42-44,47-54,57-60H,3-11,16-17,20,23-24,26,28-30,32,34-41H2,1-2H3,(H,64,65)(H2,61,62,63)/b14-12-,15-13-,19-18-,22-21-,27-25-,33-31-/t42-,43?,44?,47?,48?,49?,50?,51-,52+/m1/s1. The molecule has 0 aromatic rings. The van der Waals surface area contributed by atoms with Crippen molar-refractivity contribution in [2.45, 2.75) is 229 Å². The molecule has 0 saturated heterocycles. The van der Waals surface area contributed by atoms with Crippen LogP contribution in [0.3, 0.4) is 0 Å². The minimum atomic E-state index is -5.40. The van der Waals surface area contributed by atoms with Gasteiger partial charge in [-0.2, -0.15) is 0 Å². The van der Waals surface area contributed by atoms with E-state index in [2.05, 4.69) is 73.1 Å². The smallest absolute Gasteiger partial charge is 0.462 e. The molecule has 7 unspecified atom stereocenters. The largest absolute Gasteiger partial charge is 0.472 e. The molecular weight excluding hydrogens is 975 g/mol. The number of hydrogen-bond donors (Lipinski definition) is 9. The molecule has 1 fully saturated rings. The van der Waals surface area contributed by atoms with E-state index in [4.69, 9.17) is 18.5 Å². The lowest BCUT2D eigenvalue weighted by molar-refractivity contribution is -0.216. The highest BCUT2D eigenvalue weighted by Crippen LogP contribution is 2.49. The number of phosphoric acid groups is 2. The van der Waals surface area contributed by atoms with Crippen LogP contribution in [0.15, 0.2) is 72.9 Å². The van der Waals surface area contributed by atoms with Crippen molar-refractivity contribution < 1.29 is 87.1 Å². The molecule has 1 aliphatic rings. The molecule has 9 N–H and O–H groups in total. The Balaban J connectivity index is 2.66. The van der Waals surface area contributed by atoms with Gasteiger partial charge in [0.1, 0.15) is 43.2 Å². The summed E-state index contributed by atoms with van der Waals surface area (Å²) in [5, 5.41) is 62.2. The molecule has 0 amide bonds. The predicted octanol–water partition coefficient (Wildman–Crippen LogP) is 8.73. The maximum absolute atomic E-state index is 13.0. The second-order valence-electron chi connectivity index (χ2n) is 18.2. The molecule has 1 aliphatic carbocycles. The van der Waals surface area contributed by atoms with Crippen LogP contribution >= 0.6 is 15.6 Å². The number of allylic oxidation sites excluding steroid dienone is 11. The summed E-state index contributed by atoms with van der Waals surface area (Å²) in [6.07, 6.45) is 28.5. The number of phosphoric ester groups is 2. The van der Waals surface area contributed by atoms with Gasteiger partial charge in [0, 0.05) is 12.8 Å². The number of carbonyl (C=O) groups is 2. The number of esters is 2. The van der Waals surface area contributed by atoms with Crippen molar-refractivity contribution in [2.75, 3.05) is 13.2 Å². The van der Waals surface area contributed by atoms with Crippen molar-refractivity contribution in [3.05, 3.63) is 72.9 Å². The lowest BCUT2D eigenvalue weighted by atomic mass is 9.85. The van der Waals surface area contributed by atoms with Crippen LogP contribution in [0, 0.1) is 0 Å². The highest BCUT2D eigenvalue weighted by Gasteiger charge is 2.54. The third-order valence-corrected chi connectivity index (χ3v) is 13.2. The number of ether oxygens (including phenoxy) is 2. The number of aliphatic hydroxyl groups is 6. The molecular formula is C52H90O18P2. The van der Waals surface area contributed by atoms with Crippen molar-refractivity contribution in [1.82, 2.24) is 0 Å². The summed E-state index contributed by atoms with van der Waals surface area (Å²) in [6, 6.07) is 0. The van der Waals surface area contributed by atoms with Crippen LogP contribution < -0.4 is 0 Å². The van der Waals surface area contributed by atoms with E-state index in [0.717, 1.165) is 70.6 Å². The molecule has 0 spiro atoms. The van der Waals surface area contributed by atoms with Gasteiger partial charge in [-0.15, -0.1) is 0 Å². The van der Waals surface area contributed by atoms with E-state index < -0.39 is 95.7 Å². The second kappa shape index (κ2) is 41.6. The average molecular weight is 1070 g/mol. The summed E-state index contributed by atoms with van der Waals surface area (Å²) in [5.41, 5.74) is 0. The van der Waals surface area contributed by atoms with Crippen LogP contribution in [-0.2, 0) is 41.8 Å². The third-order valence-electron chi connectivity index (χ3n) is 11.7. The number of hydrogen-bond acceptors (Lipinski definition) is 15. The van der Waals surface area contributed by atoms with Gasteiger partial charge in [0.05, 0.1) is 18.8 Å². The van der Waals surface area contributed by atoms with Gasteiger partial charge in [-0.05, 0) is 89.9 Å². The van der Waals surface area contributed by atoms with Gasteiger partial charge < -0.3 is 54.8 Å². The van der Waals surface area contributed by atoms with Crippen LogP contribution in [0.2, 0.25) is 0 Å². The Kier molecular flexibility index (Phi) is 38.9. The summed E-state index contributed by atoms with van der Waals surface area (Å²) in [4.78, 5) is 54.5.